The fourth-order valence-corrected chi connectivity index (χ4v) is 1.90. The maximum absolute atomic E-state index is 12.2. The highest BCUT2D eigenvalue weighted by Crippen LogP contribution is 2.20. The average molecular weight is 315 g/mol. The Hall–Kier alpha value is -3.35. The standard InChI is InChI=1S/C16H13NO6/c1-23-11-5-2-9(3-6-11)14(18)17-13-8-10(15(19)20)4-7-12(13)16(21)22/h2-8H,1H3,(H,17,18)(H,19,20)(H,21,22). The molecule has 7 heteroatoms. The molecule has 118 valence electrons. The summed E-state index contributed by atoms with van der Waals surface area (Å²) in [5.41, 5.74) is -0.127. The molecule has 1 amide bonds. The Balaban J connectivity index is 2.32. The maximum atomic E-state index is 12.2. The normalized spacial score (nSPS) is 9.96. The number of carbonyl (C=O) groups excluding carboxylic acids is 1. The van der Waals surface area contributed by atoms with Crippen molar-refractivity contribution >= 4 is 23.5 Å². The molecule has 0 bridgehead atoms. The van der Waals surface area contributed by atoms with Crippen LogP contribution in [0, 0.1) is 0 Å². The van der Waals surface area contributed by atoms with Gasteiger partial charge in [0.05, 0.1) is 23.9 Å². The van der Waals surface area contributed by atoms with Gasteiger partial charge in [-0.05, 0) is 42.5 Å². The smallest absolute Gasteiger partial charge is 0.337 e. The monoisotopic (exact) mass is 315 g/mol. The number of benzene rings is 2. The molecule has 0 radical (unpaired) electrons. The van der Waals surface area contributed by atoms with Crippen molar-refractivity contribution in [2.75, 3.05) is 12.4 Å². The molecular weight excluding hydrogens is 302 g/mol. The number of ether oxygens (including phenoxy) is 1. The Bertz CT molecular complexity index is 767. The van der Waals surface area contributed by atoms with Gasteiger partial charge in [-0.25, -0.2) is 9.59 Å². The third kappa shape index (κ3) is 3.65. The van der Waals surface area contributed by atoms with Crippen LogP contribution < -0.4 is 10.1 Å². The van der Waals surface area contributed by atoms with E-state index in [4.69, 9.17) is 14.9 Å². The largest absolute Gasteiger partial charge is 0.497 e. The van der Waals surface area contributed by atoms with Gasteiger partial charge >= 0.3 is 11.9 Å². The SMILES string of the molecule is COc1ccc(C(=O)Nc2cc(C(=O)O)ccc2C(=O)O)cc1. The molecule has 0 unspecified atom stereocenters. The van der Waals surface area contributed by atoms with Crippen molar-refractivity contribution in [1.29, 1.82) is 0 Å². The lowest BCUT2D eigenvalue weighted by Crippen LogP contribution is -2.15. The number of aromatic carboxylic acids is 2. The number of carbonyl (C=O) groups is 3. The molecule has 0 fully saturated rings. The highest BCUT2D eigenvalue weighted by atomic mass is 16.5. The zero-order chi connectivity index (χ0) is 17.0. The summed E-state index contributed by atoms with van der Waals surface area (Å²) >= 11 is 0. The van der Waals surface area contributed by atoms with Crippen LogP contribution in [-0.2, 0) is 0 Å². The molecule has 3 N–H and O–H groups in total. The van der Waals surface area contributed by atoms with Gasteiger partial charge in [0.2, 0.25) is 0 Å². The molecule has 0 saturated carbocycles. The van der Waals surface area contributed by atoms with Gasteiger partial charge in [0.25, 0.3) is 5.91 Å². The molecule has 0 spiro atoms. The number of amides is 1. The fraction of sp³-hybridized carbons (Fsp3) is 0.0625. The van der Waals surface area contributed by atoms with E-state index in [-0.39, 0.29) is 22.4 Å². The van der Waals surface area contributed by atoms with E-state index in [0.717, 1.165) is 18.2 Å². The van der Waals surface area contributed by atoms with Crippen molar-refractivity contribution in [3.63, 3.8) is 0 Å². The van der Waals surface area contributed by atoms with E-state index in [9.17, 15) is 14.4 Å². The number of methoxy groups -OCH3 is 1. The Labute approximate surface area is 131 Å². The fourth-order valence-electron chi connectivity index (χ4n) is 1.90. The second kappa shape index (κ2) is 6.61. The van der Waals surface area contributed by atoms with Gasteiger partial charge in [-0.1, -0.05) is 0 Å². The Kier molecular flexibility index (Phi) is 4.61. The van der Waals surface area contributed by atoms with Crippen LogP contribution in [0.15, 0.2) is 42.5 Å². The molecular formula is C16H13NO6. The topological polar surface area (TPSA) is 113 Å². The van der Waals surface area contributed by atoms with E-state index in [1.54, 1.807) is 12.1 Å². The highest BCUT2D eigenvalue weighted by molar-refractivity contribution is 6.08. The molecule has 0 aliphatic heterocycles. The number of hydrogen-bond acceptors (Lipinski definition) is 4. The minimum atomic E-state index is -1.27. The first kappa shape index (κ1) is 16.0. The first-order valence-electron chi connectivity index (χ1n) is 6.48. The quantitative estimate of drug-likeness (QED) is 0.780. The number of carboxylic acids is 2. The van der Waals surface area contributed by atoms with Crippen LogP contribution in [0.4, 0.5) is 5.69 Å². The first-order valence-corrected chi connectivity index (χ1v) is 6.48. The molecule has 7 nitrogen and oxygen atoms in total. The summed E-state index contributed by atoms with van der Waals surface area (Å²) in [4.78, 5) is 34.4. The molecule has 0 saturated heterocycles. The molecule has 0 atom stereocenters. The summed E-state index contributed by atoms with van der Waals surface area (Å²) in [6.07, 6.45) is 0. The van der Waals surface area contributed by atoms with Gasteiger partial charge in [0.15, 0.2) is 0 Å². The minimum Gasteiger partial charge on any atom is -0.497 e. The van der Waals surface area contributed by atoms with Crippen molar-refractivity contribution in [3.05, 3.63) is 59.2 Å². The van der Waals surface area contributed by atoms with E-state index in [2.05, 4.69) is 5.32 Å². The number of hydrogen-bond donors (Lipinski definition) is 3. The maximum Gasteiger partial charge on any atom is 0.337 e. The van der Waals surface area contributed by atoms with Crippen LogP contribution in [0.25, 0.3) is 0 Å². The molecule has 2 aromatic rings. The van der Waals surface area contributed by atoms with Crippen molar-refractivity contribution in [2.45, 2.75) is 0 Å². The van der Waals surface area contributed by atoms with Crippen molar-refractivity contribution < 1.29 is 29.3 Å². The summed E-state index contributed by atoms with van der Waals surface area (Å²) in [5.74, 6) is -2.48. The van der Waals surface area contributed by atoms with Gasteiger partial charge in [-0.3, -0.25) is 4.79 Å². The summed E-state index contributed by atoms with van der Waals surface area (Å²) in [6.45, 7) is 0. The lowest BCUT2D eigenvalue weighted by molar-refractivity contribution is 0.0682. The summed E-state index contributed by atoms with van der Waals surface area (Å²) < 4.78 is 4.99. The highest BCUT2D eigenvalue weighted by Gasteiger charge is 2.16. The van der Waals surface area contributed by atoms with Crippen LogP contribution in [0.5, 0.6) is 5.75 Å². The molecule has 2 aromatic carbocycles. The number of rotatable bonds is 5. The molecule has 0 aromatic heterocycles. The van der Waals surface area contributed by atoms with Crippen LogP contribution >= 0.6 is 0 Å². The number of anilines is 1. The van der Waals surface area contributed by atoms with Crippen molar-refractivity contribution in [2.24, 2.45) is 0 Å². The molecule has 0 aliphatic rings. The van der Waals surface area contributed by atoms with E-state index >= 15 is 0 Å². The van der Waals surface area contributed by atoms with Crippen molar-refractivity contribution in [3.8, 4) is 5.75 Å². The third-order valence-electron chi connectivity index (χ3n) is 3.10. The lowest BCUT2D eigenvalue weighted by Gasteiger charge is -2.10. The van der Waals surface area contributed by atoms with Gasteiger partial charge in [-0.2, -0.15) is 0 Å². The van der Waals surface area contributed by atoms with E-state index < -0.39 is 17.8 Å². The Morgan fingerprint density at radius 2 is 1.52 bits per heavy atom. The number of carboxylic acid groups (broad SMARTS) is 2. The van der Waals surface area contributed by atoms with Gasteiger partial charge in [-0.15, -0.1) is 0 Å². The second-order valence-electron chi connectivity index (χ2n) is 4.55. The Morgan fingerprint density at radius 3 is 2.04 bits per heavy atom. The van der Waals surface area contributed by atoms with Crippen molar-refractivity contribution in [1.82, 2.24) is 0 Å². The van der Waals surface area contributed by atoms with Crippen LogP contribution in [0.1, 0.15) is 31.1 Å². The van der Waals surface area contributed by atoms with Crippen LogP contribution in [0.2, 0.25) is 0 Å². The zero-order valence-electron chi connectivity index (χ0n) is 12.1. The second-order valence-corrected chi connectivity index (χ2v) is 4.55. The minimum absolute atomic E-state index is 0.0850. The van der Waals surface area contributed by atoms with Gasteiger partial charge in [0, 0.05) is 5.56 Å². The molecule has 23 heavy (non-hydrogen) atoms. The molecule has 0 heterocycles. The van der Waals surface area contributed by atoms with Gasteiger partial charge in [0.1, 0.15) is 5.75 Å². The summed E-state index contributed by atoms with van der Waals surface area (Å²) in [6, 6.07) is 9.59. The number of nitrogens with one attached hydrogen (secondary N) is 1. The van der Waals surface area contributed by atoms with E-state index in [1.165, 1.54) is 19.2 Å². The molecule has 0 aliphatic carbocycles. The molecule has 2 rings (SSSR count). The van der Waals surface area contributed by atoms with E-state index in [0.29, 0.717) is 5.75 Å². The van der Waals surface area contributed by atoms with Gasteiger partial charge < -0.3 is 20.3 Å². The lowest BCUT2D eigenvalue weighted by atomic mass is 10.1. The zero-order valence-corrected chi connectivity index (χ0v) is 12.1. The first-order chi connectivity index (χ1) is 10.9. The predicted molar refractivity (Wildman–Crippen MR) is 81.3 cm³/mol. The predicted octanol–water partition coefficient (Wildman–Crippen LogP) is 2.34. The van der Waals surface area contributed by atoms with E-state index in [1.807, 2.05) is 0 Å². The third-order valence-corrected chi connectivity index (χ3v) is 3.10. The van der Waals surface area contributed by atoms with Crippen LogP contribution in [-0.4, -0.2) is 35.2 Å². The summed E-state index contributed by atoms with van der Waals surface area (Å²) in [5, 5.41) is 20.5. The van der Waals surface area contributed by atoms with Crippen LogP contribution in [0.3, 0.4) is 0 Å². The average Bonchev–Trinajstić information content (AvgIpc) is 2.54. The summed E-state index contributed by atoms with van der Waals surface area (Å²) in [7, 11) is 1.49. The Morgan fingerprint density at radius 1 is 0.913 bits per heavy atom.